The van der Waals surface area contributed by atoms with Gasteiger partial charge >= 0.3 is 0 Å². The third kappa shape index (κ3) is 8.10. The van der Waals surface area contributed by atoms with Crippen molar-refractivity contribution in [1.82, 2.24) is 0 Å². The highest BCUT2D eigenvalue weighted by atomic mass is 35.5. The number of halogens is 4. The molecular weight excluding hydrogens is 256 g/mol. The second-order valence-corrected chi connectivity index (χ2v) is 3.78. The maximum atomic E-state index is 5.63. The average molecular weight is 271 g/mol. The van der Waals surface area contributed by atoms with Crippen molar-refractivity contribution in [3.05, 3.63) is 0 Å². The van der Waals surface area contributed by atoms with Crippen LogP contribution in [-0.2, 0) is 4.84 Å². The van der Waals surface area contributed by atoms with Crippen LogP contribution in [0.25, 0.3) is 0 Å². The monoisotopic (exact) mass is 269 g/mol. The zero-order chi connectivity index (χ0) is 9.45. The Morgan fingerprint density at radius 1 is 1.00 bits per heavy atom. The molecule has 0 aliphatic rings. The molecule has 0 fully saturated rings. The van der Waals surface area contributed by atoms with Gasteiger partial charge in [0.05, 0.1) is 24.7 Å². The molecule has 0 aromatic heterocycles. The summed E-state index contributed by atoms with van der Waals surface area (Å²) in [6.45, 7) is 2.04. The van der Waals surface area contributed by atoms with Crippen molar-refractivity contribution in [2.75, 3.05) is 44.4 Å². The van der Waals surface area contributed by atoms with Gasteiger partial charge in [0, 0.05) is 0 Å². The molecule has 0 aliphatic carbocycles. The van der Waals surface area contributed by atoms with Gasteiger partial charge in [-0.05, 0) is 0 Å². The van der Waals surface area contributed by atoms with Crippen LogP contribution in [0.2, 0.25) is 0 Å². The summed E-state index contributed by atoms with van der Waals surface area (Å²) in [7, 11) is 1.96. The van der Waals surface area contributed by atoms with Gasteiger partial charge in [0.2, 0.25) is 0 Å². The van der Waals surface area contributed by atoms with Crippen molar-refractivity contribution >= 4 is 34.8 Å². The summed E-state index contributed by atoms with van der Waals surface area (Å²) in [4.78, 5) is 5.50. The van der Waals surface area contributed by atoms with E-state index in [-0.39, 0.29) is 12.4 Å². The maximum Gasteiger partial charge on any atom is 0.122 e. The summed E-state index contributed by atoms with van der Waals surface area (Å²) in [6, 6.07) is 0. The molecule has 0 radical (unpaired) electrons. The molecule has 2 nitrogen and oxygen atoms in total. The molecule has 0 N–H and O–H groups in total. The standard InChI is InChI=1S/C7H15Cl3NO.ClH/c1-11(5-2-8,6-3-9)12-7-4-10;/h2-7H2,1H3;1H/q+1;/p-1. The van der Waals surface area contributed by atoms with E-state index in [2.05, 4.69) is 0 Å². The molecule has 82 valence electrons. The lowest BCUT2D eigenvalue weighted by molar-refractivity contribution is -1.09. The average Bonchev–Trinajstić information content (AvgIpc) is 2.02. The molecule has 0 spiro atoms. The second kappa shape index (κ2) is 9.63. The number of rotatable bonds is 7. The van der Waals surface area contributed by atoms with Gasteiger partial charge in [-0.25, -0.2) is 4.84 Å². The summed E-state index contributed by atoms with van der Waals surface area (Å²) in [5.74, 6) is 1.63. The quantitative estimate of drug-likeness (QED) is 0.331. The molecule has 0 rings (SSSR count). The second-order valence-electron chi connectivity index (χ2n) is 2.64. The van der Waals surface area contributed by atoms with Gasteiger partial charge in [-0.1, -0.05) is 0 Å². The van der Waals surface area contributed by atoms with Crippen LogP contribution >= 0.6 is 34.8 Å². The summed E-state index contributed by atoms with van der Waals surface area (Å²) in [5, 5.41) is 0. The topological polar surface area (TPSA) is 9.23 Å². The highest BCUT2D eigenvalue weighted by molar-refractivity contribution is 6.18. The van der Waals surface area contributed by atoms with E-state index in [1.54, 1.807) is 0 Å². The van der Waals surface area contributed by atoms with Crippen LogP contribution in [0.4, 0.5) is 0 Å². The number of alkyl halides is 3. The van der Waals surface area contributed by atoms with Crippen molar-refractivity contribution in [2.24, 2.45) is 0 Å². The lowest BCUT2D eigenvalue weighted by Crippen LogP contribution is -3.00. The van der Waals surface area contributed by atoms with Crippen molar-refractivity contribution < 1.29 is 21.9 Å². The molecule has 0 aliphatic heterocycles. The highest BCUT2D eigenvalue weighted by Crippen LogP contribution is 2.05. The Bertz CT molecular complexity index is 109. The van der Waals surface area contributed by atoms with Crippen molar-refractivity contribution in [3.63, 3.8) is 0 Å². The first-order chi connectivity index (χ1) is 5.68. The number of hydroxylamine groups is 3. The molecule has 0 heterocycles. The molecule has 0 atom stereocenters. The van der Waals surface area contributed by atoms with Crippen LogP contribution in [0.3, 0.4) is 0 Å². The van der Waals surface area contributed by atoms with Gasteiger partial charge < -0.3 is 12.4 Å². The van der Waals surface area contributed by atoms with E-state index < -0.39 is 0 Å². The van der Waals surface area contributed by atoms with Gasteiger partial charge in [-0.2, -0.15) is 4.65 Å². The smallest absolute Gasteiger partial charge is 0.122 e. The maximum absolute atomic E-state index is 5.63. The van der Waals surface area contributed by atoms with Crippen LogP contribution in [0.1, 0.15) is 0 Å². The minimum absolute atomic E-state index is 0. The molecule has 0 amide bonds. The molecule has 0 unspecified atom stereocenters. The third-order valence-electron chi connectivity index (χ3n) is 1.60. The van der Waals surface area contributed by atoms with Crippen LogP contribution < -0.4 is 12.4 Å². The van der Waals surface area contributed by atoms with E-state index in [4.69, 9.17) is 39.6 Å². The Morgan fingerprint density at radius 3 is 1.77 bits per heavy atom. The molecule has 0 saturated heterocycles. The Labute approximate surface area is 101 Å². The summed E-state index contributed by atoms with van der Waals surface area (Å²) in [6.07, 6.45) is 0. The largest absolute Gasteiger partial charge is 1.00 e. The minimum Gasteiger partial charge on any atom is -1.00 e. The number of quaternary nitrogens is 1. The fraction of sp³-hybridized carbons (Fsp3) is 1.00. The Morgan fingerprint density at radius 2 is 1.46 bits per heavy atom. The van der Waals surface area contributed by atoms with E-state index in [1.807, 2.05) is 7.05 Å². The van der Waals surface area contributed by atoms with Gasteiger partial charge in [-0.15, -0.1) is 34.8 Å². The van der Waals surface area contributed by atoms with Crippen LogP contribution in [0.5, 0.6) is 0 Å². The zero-order valence-electron chi connectivity index (χ0n) is 7.61. The molecule has 0 aromatic rings. The lowest BCUT2D eigenvalue weighted by Gasteiger charge is -2.29. The van der Waals surface area contributed by atoms with Crippen molar-refractivity contribution in [2.45, 2.75) is 0 Å². The summed E-state index contributed by atoms with van der Waals surface area (Å²) < 4.78 is 0.444. The van der Waals surface area contributed by atoms with Crippen LogP contribution in [0.15, 0.2) is 0 Å². The lowest BCUT2D eigenvalue weighted by atomic mass is 10.5. The van der Waals surface area contributed by atoms with Gasteiger partial charge in [0.1, 0.15) is 19.7 Å². The number of hydrogen-bond donors (Lipinski definition) is 0. The SMILES string of the molecule is C[N+](CCCl)(CCCl)OCCCl.[Cl-]. The van der Waals surface area contributed by atoms with Crippen molar-refractivity contribution in [3.8, 4) is 0 Å². The Hall–Kier alpha value is 1.08. The third-order valence-corrected chi connectivity index (χ3v) is 2.09. The number of hydrogen-bond acceptors (Lipinski definition) is 1. The fourth-order valence-electron chi connectivity index (χ4n) is 0.853. The van der Waals surface area contributed by atoms with E-state index in [9.17, 15) is 0 Å². The summed E-state index contributed by atoms with van der Waals surface area (Å²) in [5.41, 5.74) is 0. The predicted octanol–water partition coefficient (Wildman–Crippen LogP) is -0.915. The van der Waals surface area contributed by atoms with Gasteiger partial charge in [0.15, 0.2) is 0 Å². The van der Waals surface area contributed by atoms with E-state index in [0.717, 1.165) is 13.1 Å². The molecule has 0 aromatic carbocycles. The zero-order valence-corrected chi connectivity index (χ0v) is 10.6. The normalized spacial score (nSPS) is 11.1. The van der Waals surface area contributed by atoms with E-state index >= 15 is 0 Å². The highest BCUT2D eigenvalue weighted by Gasteiger charge is 2.21. The van der Waals surface area contributed by atoms with E-state index in [1.165, 1.54) is 0 Å². The first-order valence-corrected chi connectivity index (χ1v) is 5.46. The predicted molar refractivity (Wildman–Crippen MR) is 54.0 cm³/mol. The number of nitrogens with zero attached hydrogens (tertiary/aromatic N) is 1. The van der Waals surface area contributed by atoms with Crippen molar-refractivity contribution in [1.29, 1.82) is 0 Å². The van der Waals surface area contributed by atoms with Crippen LogP contribution in [0, 0.1) is 0 Å². The minimum atomic E-state index is 0. The Kier molecular flexibility index (Phi) is 12.2. The first kappa shape index (κ1) is 16.5. The van der Waals surface area contributed by atoms with E-state index in [0.29, 0.717) is 28.9 Å². The van der Waals surface area contributed by atoms with Crippen LogP contribution in [-0.4, -0.2) is 49.0 Å². The van der Waals surface area contributed by atoms with Gasteiger partial charge in [-0.3, -0.25) is 0 Å². The molecular formula is C7H15Cl4NO. The Balaban J connectivity index is 0. The molecule has 0 saturated carbocycles. The molecule has 0 bridgehead atoms. The summed E-state index contributed by atoms with van der Waals surface area (Å²) >= 11 is 16.8. The molecule has 13 heavy (non-hydrogen) atoms. The first-order valence-electron chi connectivity index (χ1n) is 3.85. The fourth-order valence-corrected chi connectivity index (χ4v) is 1.64. The van der Waals surface area contributed by atoms with Gasteiger partial charge in [0.25, 0.3) is 0 Å². The molecule has 6 heteroatoms.